The Morgan fingerprint density at radius 3 is 2.74 bits per heavy atom. The summed E-state index contributed by atoms with van der Waals surface area (Å²) in [7, 11) is 0. The van der Waals surface area contributed by atoms with Gasteiger partial charge in [0.2, 0.25) is 5.91 Å². The van der Waals surface area contributed by atoms with Crippen LogP contribution in [0.1, 0.15) is 31.2 Å². The minimum atomic E-state index is 0.167. The summed E-state index contributed by atoms with van der Waals surface area (Å²) in [4.78, 5) is 16.2. The standard InChI is InChI=1S/C23H26N4O2S2/c28-21(26(18-10-11-18)14-17-6-2-1-3-7-17)16-31-23-25-24-22(20-9-5-13-30-20)27(23)15-19-8-4-12-29-19/h1-3,5-7,9,13,18-19H,4,8,10-12,14-16H2. The zero-order chi connectivity index (χ0) is 21.0. The third-order valence-electron chi connectivity index (χ3n) is 5.70. The molecule has 1 unspecified atom stereocenters. The quantitative estimate of drug-likeness (QED) is 0.447. The average molecular weight is 455 g/mol. The average Bonchev–Trinajstić information content (AvgIpc) is 3.17. The summed E-state index contributed by atoms with van der Waals surface area (Å²) in [5.41, 5.74) is 1.18. The number of benzene rings is 1. The van der Waals surface area contributed by atoms with Crippen molar-refractivity contribution in [3.05, 3.63) is 53.4 Å². The Morgan fingerprint density at radius 2 is 2.03 bits per heavy atom. The van der Waals surface area contributed by atoms with Gasteiger partial charge in [-0.1, -0.05) is 48.2 Å². The number of amides is 1. The highest BCUT2D eigenvalue weighted by Crippen LogP contribution is 2.32. The highest BCUT2D eigenvalue weighted by atomic mass is 32.2. The highest BCUT2D eigenvalue weighted by molar-refractivity contribution is 7.99. The molecule has 6 nitrogen and oxygen atoms in total. The van der Waals surface area contributed by atoms with Gasteiger partial charge in [0.05, 0.1) is 23.3 Å². The molecule has 1 atom stereocenters. The lowest BCUT2D eigenvalue weighted by Gasteiger charge is -2.22. The van der Waals surface area contributed by atoms with Crippen molar-refractivity contribution in [2.45, 2.75) is 56.1 Å². The van der Waals surface area contributed by atoms with Crippen LogP contribution in [0.25, 0.3) is 10.7 Å². The third-order valence-corrected chi connectivity index (χ3v) is 7.51. The van der Waals surface area contributed by atoms with Gasteiger partial charge in [0, 0.05) is 19.2 Å². The van der Waals surface area contributed by atoms with Gasteiger partial charge in [-0.2, -0.15) is 0 Å². The molecule has 3 heterocycles. The second-order valence-electron chi connectivity index (χ2n) is 8.06. The molecular weight excluding hydrogens is 428 g/mol. The molecule has 2 aliphatic rings. The van der Waals surface area contributed by atoms with E-state index in [1.165, 1.54) is 17.3 Å². The Labute approximate surface area is 190 Å². The number of ether oxygens (including phenoxy) is 1. The summed E-state index contributed by atoms with van der Waals surface area (Å²) >= 11 is 3.14. The van der Waals surface area contributed by atoms with Crippen LogP contribution in [0.3, 0.4) is 0 Å². The lowest BCUT2D eigenvalue weighted by atomic mass is 10.2. The molecule has 1 amide bonds. The van der Waals surface area contributed by atoms with Crippen molar-refractivity contribution in [1.29, 1.82) is 0 Å². The molecule has 8 heteroatoms. The Morgan fingerprint density at radius 1 is 1.16 bits per heavy atom. The maximum atomic E-state index is 13.1. The highest BCUT2D eigenvalue weighted by Gasteiger charge is 2.33. The fraction of sp³-hybridized carbons (Fsp3) is 0.435. The van der Waals surface area contributed by atoms with Crippen molar-refractivity contribution >= 4 is 29.0 Å². The maximum absolute atomic E-state index is 13.1. The van der Waals surface area contributed by atoms with Crippen molar-refractivity contribution in [3.63, 3.8) is 0 Å². The van der Waals surface area contributed by atoms with Crippen molar-refractivity contribution < 1.29 is 9.53 Å². The second-order valence-corrected chi connectivity index (χ2v) is 9.95. The monoisotopic (exact) mass is 454 g/mol. The van der Waals surface area contributed by atoms with E-state index in [2.05, 4.69) is 33.0 Å². The van der Waals surface area contributed by atoms with Gasteiger partial charge in [-0.15, -0.1) is 21.5 Å². The first-order chi connectivity index (χ1) is 15.3. The van der Waals surface area contributed by atoms with Crippen molar-refractivity contribution in [2.24, 2.45) is 0 Å². The van der Waals surface area contributed by atoms with Crippen LogP contribution in [0.4, 0.5) is 0 Å². The third kappa shape index (κ3) is 5.02. The van der Waals surface area contributed by atoms with E-state index in [-0.39, 0.29) is 12.0 Å². The molecule has 0 radical (unpaired) electrons. The van der Waals surface area contributed by atoms with E-state index in [0.717, 1.165) is 54.7 Å². The van der Waals surface area contributed by atoms with E-state index in [4.69, 9.17) is 4.74 Å². The Kier molecular flexibility index (Phi) is 6.38. The zero-order valence-electron chi connectivity index (χ0n) is 17.4. The normalized spacial score (nSPS) is 18.4. The van der Waals surface area contributed by atoms with Gasteiger partial charge in [-0.05, 0) is 42.7 Å². The van der Waals surface area contributed by atoms with E-state index in [9.17, 15) is 4.79 Å². The predicted octanol–water partition coefficient (Wildman–Crippen LogP) is 4.47. The van der Waals surface area contributed by atoms with Crippen LogP contribution in [0.2, 0.25) is 0 Å². The number of thioether (sulfide) groups is 1. The minimum Gasteiger partial charge on any atom is -0.376 e. The number of hydrogen-bond donors (Lipinski definition) is 0. The summed E-state index contributed by atoms with van der Waals surface area (Å²) in [6.45, 7) is 2.22. The minimum absolute atomic E-state index is 0.167. The summed E-state index contributed by atoms with van der Waals surface area (Å²) in [6.07, 6.45) is 4.53. The topological polar surface area (TPSA) is 60.3 Å². The predicted molar refractivity (Wildman–Crippen MR) is 123 cm³/mol. The molecular formula is C23H26N4O2S2. The molecule has 0 spiro atoms. The molecule has 5 rings (SSSR count). The van der Waals surface area contributed by atoms with Crippen molar-refractivity contribution in [2.75, 3.05) is 12.4 Å². The number of carbonyl (C=O) groups is 1. The first kappa shape index (κ1) is 20.7. The Bertz CT molecular complexity index is 996. The number of carbonyl (C=O) groups excluding carboxylic acids is 1. The summed E-state index contributed by atoms with van der Waals surface area (Å²) in [6, 6.07) is 14.7. The second kappa shape index (κ2) is 9.54. The molecule has 1 aliphatic carbocycles. The number of rotatable bonds is 9. The van der Waals surface area contributed by atoms with Gasteiger partial charge < -0.3 is 9.64 Å². The van der Waals surface area contributed by atoms with E-state index in [1.54, 1.807) is 11.3 Å². The first-order valence-corrected chi connectivity index (χ1v) is 12.7. The fourth-order valence-electron chi connectivity index (χ4n) is 3.94. The molecule has 1 aliphatic heterocycles. The Hall–Kier alpha value is -2.16. The molecule has 0 bridgehead atoms. The SMILES string of the molecule is O=C(CSc1nnc(-c2cccs2)n1CC1CCCO1)N(Cc1ccccc1)C1CC1. The smallest absolute Gasteiger partial charge is 0.233 e. The lowest BCUT2D eigenvalue weighted by molar-refractivity contribution is -0.129. The first-order valence-electron chi connectivity index (χ1n) is 10.8. The van der Waals surface area contributed by atoms with E-state index in [0.29, 0.717) is 18.3 Å². The van der Waals surface area contributed by atoms with Crippen LogP contribution in [0.5, 0.6) is 0 Å². The van der Waals surface area contributed by atoms with Gasteiger partial charge in [0.25, 0.3) is 0 Å². The van der Waals surface area contributed by atoms with Crippen molar-refractivity contribution in [1.82, 2.24) is 19.7 Å². The molecule has 0 N–H and O–H groups in total. The largest absolute Gasteiger partial charge is 0.376 e. The van der Waals surface area contributed by atoms with Crippen LogP contribution < -0.4 is 0 Å². The van der Waals surface area contributed by atoms with Gasteiger partial charge in [-0.3, -0.25) is 9.36 Å². The molecule has 1 saturated carbocycles. The number of hydrogen-bond acceptors (Lipinski definition) is 6. The van der Waals surface area contributed by atoms with E-state index in [1.807, 2.05) is 34.5 Å². The Balaban J connectivity index is 1.30. The lowest BCUT2D eigenvalue weighted by Crippen LogP contribution is -2.34. The van der Waals surface area contributed by atoms with Crippen LogP contribution in [-0.2, 0) is 22.6 Å². The number of nitrogens with zero attached hydrogens (tertiary/aromatic N) is 4. The molecule has 162 valence electrons. The zero-order valence-corrected chi connectivity index (χ0v) is 19.0. The molecule has 1 aromatic carbocycles. The van der Waals surface area contributed by atoms with Gasteiger partial charge >= 0.3 is 0 Å². The number of aromatic nitrogens is 3. The van der Waals surface area contributed by atoms with Crippen LogP contribution in [0.15, 0.2) is 53.0 Å². The summed E-state index contributed by atoms with van der Waals surface area (Å²) in [5.74, 6) is 1.40. The van der Waals surface area contributed by atoms with Gasteiger partial charge in [0.1, 0.15) is 0 Å². The molecule has 2 fully saturated rings. The summed E-state index contributed by atoms with van der Waals surface area (Å²) in [5, 5.41) is 11.8. The van der Waals surface area contributed by atoms with E-state index < -0.39 is 0 Å². The van der Waals surface area contributed by atoms with Gasteiger partial charge in [-0.25, -0.2) is 0 Å². The fourth-order valence-corrected chi connectivity index (χ4v) is 5.49. The van der Waals surface area contributed by atoms with Gasteiger partial charge in [0.15, 0.2) is 11.0 Å². The molecule has 31 heavy (non-hydrogen) atoms. The van der Waals surface area contributed by atoms with E-state index >= 15 is 0 Å². The van der Waals surface area contributed by atoms with Crippen LogP contribution in [0, 0.1) is 0 Å². The molecule has 3 aromatic rings. The molecule has 1 saturated heterocycles. The number of thiophene rings is 1. The van der Waals surface area contributed by atoms with Crippen LogP contribution in [-0.4, -0.2) is 50.1 Å². The van der Waals surface area contributed by atoms with Crippen molar-refractivity contribution in [3.8, 4) is 10.7 Å². The molecule has 2 aromatic heterocycles. The van der Waals surface area contributed by atoms with Crippen LogP contribution >= 0.6 is 23.1 Å². The summed E-state index contributed by atoms with van der Waals surface area (Å²) < 4.78 is 8.00. The maximum Gasteiger partial charge on any atom is 0.233 e.